The third-order valence-corrected chi connectivity index (χ3v) is 2.62. The highest BCUT2D eigenvalue weighted by molar-refractivity contribution is 5.38. The van der Waals surface area contributed by atoms with Crippen molar-refractivity contribution in [1.29, 1.82) is 0 Å². The van der Waals surface area contributed by atoms with Gasteiger partial charge in [0.15, 0.2) is 6.61 Å². The van der Waals surface area contributed by atoms with Gasteiger partial charge in [0.25, 0.3) is 0 Å². The lowest BCUT2D eigenvalue weighted by Gasteiger charge is -2.22. The second-order valence-electron chi connectivity index (χ2n) is 5.26. The lowest BCUT2D eigenvalue weighted by atomic mass is 9.86. The Morgan fingerprint density at radius 1 is 1.22 bits per heavy atom. The van der Waals surface area contributed by atoms with Gasteiger partial charge < -0.3 is 9.26 Å². The molecule has 4 nitrogen and oxygen atoms in total. The van der Waals surface area contributed by atoms with Gasteiger partial charge in [-0.3, -0.25) is 0 Å². The quantitative estimate of drug-likeness (QED) is 0.834. The zero-order valence-electron chi connectivity index (χ0n) is 11.2. The van der Waals surface area contributed by atoms with Crippen molar-refractivity contribution in [1.82, 2.24) is 10.1 Å². The Morgan fingerprint density at radius 2 is 1.94 bits per heavy atom. The average Bonchev–Trinajstić information content (AvgIpc) is 2.72. The van der Waals surface area contributed by atoms with Crippen LogP contribution in [0, 0.1) is 6.92 Å². The minimum absolute atomic E-state index is 0.0454. The molecule has 0 radical (unpaired) electrons. The first-order valence-corrected chi connectivity index (χ1v) is 5.98. The number of ether oxygens (including phenoxy) is 1. The van der Waals surface area contributed by atoms with Gasteiger partial charge >= 0.3 is 0 Å². The summed E-state index contributed by atoms with van der Waals surface area (Å²) in [6.07, 6.45) is 0. The molecular formula is C14H18N2O2. The van der Waals surface area contributed by atoms with Crippen molar-refractivity contribution in [2.24, 2.45) is 0 Å². The molecule has 0 unspecified atom stereocenters. The van der Waals surface area contributed by atoms with Gasteiger partial charge in [0.05, 0.1) is 0 Å². The molecule has 18 heavy (non-hydrogen) atoms. The van der Waals surface area contributed by atoms with E-state index in [4.69, 9.17) is 9.26 Å². The molecule has 1 heterocycles. The van der Waals surface area contributed by atoms with E-state index in [-0.39, 0.29) is 5.41 Å². The maximum atomic E-state index is 5.78. The summed E-state index contributed by atoms with van der Waals surface area (Å²) in [4.78, 5) is 4.11. The molecule has 0 bridgehead atoms. The first kappa shape index (κ1) is 12.6. The van der Waals surface area contributed by atoms with Crippen LogP contribution in [0.2, 0.25) is 0 Å². The second-order valence-corrected chi connectivity index (χ2v) is 5.26. The van der Waals surface area contributed by atoms with Crippen LogP contribution in [0.4, 0.5) is 0 Å². The Kier molecular flexibility index (Phi) is 3.36. The smallest absolute Gasteiger partial charge is 0.223 e. The lowest BCUT2D eigenvalue weighted by molar-refractivity contribution is 0.279. The molecule has 0 aliphatic carbocycles. The van der Waals surface area contributed by atoms with E-state index in [0.717, 1.165) is 5.75 Å². The number of hydrogen-bond donors (Lipinski definition) is 0. The van der Waals surface area contributed by atoms with E-state index in [1.807, 2.05) is 18.2 Å². The molecule has 0 amide bonds. The Balaban J connectivity index is 2.14. The van der Waals surface area contributed by atoms with Gasteiger partial charge in [-0.2, -0.15) is 4.98 Å². The van der Waals surface area contributed by atoms with E-state index in [2.05, 4.69) is 37.0 Å². The van der Waals surface area contributed by atoms with Crippen LogP contribution in [-0.2, 0) is 12.0 Å². The fourth-order valence-electron chi connectivity index (χ4n) is 1.75. The van der Waals surface area contributed by atoms with Crippen LogP contribution in [0.5, 0.6) is 5.75 Å². The van der Waals surface area contributed by atoms with Gasteiger partial charge in [0.1, 0.15) is 5.75 Å². The fourth-order valence-corrected chi connectivity index (χ4v) is 1.75. The van der Waals surface area contributed by atoms with Crippen molar-refractivity contribution in [3.05, 3.63) is 41.5 Å². The highest BCUT2D eigenvalue weighted by Crippen LogP contribution is 2.31. The first-order chi connectivity index (χ1) is 8.47. The second kappa shape index (κ2) is 4.80. The summed E-state index contributed by atoms with van der Waals surface area (Å²) in [5.74, 6) is 1.99. The van der Waals surface area contributed by atoms with Crippen LogP contribution < -0.4 is 4.74 Å². The average molecular weight is 246 g/mol. The summed E-state index contributed by atoms with van der Waals surface area (Å²) >= 11 is 0. The van der Waals surface area contributed by atoms with Crippen molar-refractivity contribution in [3.8, 4) is 5.75 Å². The monoisotopic (exact) mass is 246 g/mol. The number of para-hydroxylation sites is 1. The number of hydrogen-bond acceptors (Lipinski definition) is 4. The Morgan fingerprint density at radius 3 is 2.56 bits per heavy atom. The van der Waals surface area contributed by atoms with Crippen molar-refractivity contribution < 1.29 is 9.26 Å². The van der Waals surface area contributed by atoms with Crippen LogP contribution in [0.1, 0.15) is 38.0 Å². The predicted octanol–water partition coefficient (Wildman–Crippen LogP) is 3.25. The van der Waals surface area contributed by atoms with Gasteiger partial charge in [-0.05, 0) is 17.0 Å². The first-order valence-electron chi connectivity index (χ1n) is 5.98. The number of rotatable bonds is 3. The number of nitrogens with zero attached hydrogens (tertiary/aromatic N) is 2. The van der Waals surface area contributed by atoms with E-state index in [1.54, 1.807) is 6.92 Å². The Hall–Kier alpha value is -1.84. The number of aromatic nitrogens is 2. The molecule has 0 saturated carbocycles. The highest BCUT2D eigenvalue weighted by atomic mass is 16.5. The van der Waals surface area contributed by atoms with Crippen LogP contribution in [0.25, 0.3) is 0 Å². The lowest BCUT2D eigenvalue weighted by Crippen LogP contribution is -2.13. The van der Waals surface area contributed by atoms with E-state index >= 15 is 0 Å². The van der Waals surface area contributed by atoms with Crippen molar-refractivity contribution >= 4 is 0 Å². The van der Waals surface area contributed by atoms with Crippen molar-refractivity contribution in [2.75, 3.05) is 0 Å². The fraction of sp³-hybridized carbons (Fsp3) is 0.429. The highest BCUT2D eigenvalue weighted by Gasteiger charge is 2.18. The SMILES string of the molecule is Cc1nc(COc2ccccc2C(C)(C)C)no1. The molecule has 1 aromatic carbocycles. The summed E-state index contributed by atoms with van der Waals surface area (Å²) in [6, 6.07) is 8.03. The predicted molar refractivity (Wildman–Crippen MR) is 68.5 cm³/mol. The normalized spacial score (nSPS) is 11.6. The van der Waals surface area contributed by atoms with E-state index in [0.29, 0.717) is 18.3 Å². The van der Waals surface area contributed by atoms with Gasteiger partial charge in [-0.1, -0.05) is 44.1 Å². The molecule has 2 rings (SSSR count). The molecule has 0 fully saturated rings. The third-order valence-electron chi connectivity index (χ3n) is 2.62. The summed E-state index contributed by atoms with van der Waals surface area (Å²) in [6.45, 7) is 8.57. The minimum Gasteiger partial charge on any atom is -0.485 e. The molecule has 0 spiro atoms. The minimum atomic E-state index is 0.0454. The Bertz CT molecular complexity index is 527. The molecule has 1 aromatic heterocycles. The molecule has 96 valence electrons. The summed E-state index contributed by atoms with van der Waals surface area (Å²) in [5, 5.41) is 3.81. The Labute approximate surface area is 107 Å². The topological polar surface area (TPSA) is 48.2 Å². The molecule has 2 aromatic rings. The zero-order valence-corrected chi connectivity index (χ0v) is 11.2. The number of benzene rings is 1. The molecule has 0 aliphatic heterocycles. The molecular weight excluding hydrogens is 228 g/mol. The van der Waals surface area contributed by atoms with E-state index in [1.165, 1.54) is 5.56 Å². The van der Waals surface area contributed by atoms with Gasteiger partial charge in [0, 0.05) is 6.92 Å². The maximum absolute atomic E-state index is 5.78. The van der Waals surface area contributed by atoms with Gasteiger partial charge in [-0.15, -0.1) is 0 Å². The van der Waals surface area contributed by atoms with Crippen LogP contribution >= 0.6 is 0 Å². The summed E-state index contributed by atoms with van der Waals surface area (Å²) < 4.78 is 10.7. The van der Waals surface area contributed by atoms with Crippen molar-refractivity contribution in [2.45, 2.75) is 39.7 Å². The van der Waals surface area contributed by atoms with E-state index < -0.39 is 0 Å². The maximum Gasteiger partial charge on any atom is 0.223 e. The molecule has 4 heteroatoms. The summed E-state index contributed by atoms with van der Waals surface area (Å²) in [7, 11) is 0. The number of aryl methyl sites for hydroxylation is 1. The molecule has 0 aliphatic rings. The largest absolute Gasteiger partial charge is 0.485 e. The van der Waals surface area contributed by atoms with E-state index in [9.17, 15) is 0 Å². The molecule has 0 saturated heterocycles. The van der Waals surface area contributed by atoms with Crippen LogP contribution in [-0.4, -0.2) is 10.1 Å². The van der Waals surface area contributed by atoms with Gasteiger partial charge in [0.2, 0.25) is 11.7 Å². The van der Waals surface area contributed by atoms with Crippen LogP contribution in [0.3, 0.4) is 0 Å². The van der Waals surface area contributed by atoms with Crippen molar-refractivity contribution in [3.63, 3.8) is 0 Å². The molecule has 0 N–H and O–H groups in total. The van der Waals surface area contributed by atoms with Gasteiger partial charge in [-0.25, -0.2) is 0 Å². The standard InChI is InChI=1S/C14H18N2O2/c1-10-15-13(16-18-10)9-17-12-8-6-5-7-11(12)14(2,3)4/h5-8H,9H2,1-4H3. The third kappa shape index (κ3) is 2.88. The zero-order chi connectivity index (χ0) is 13.2. The summed E-state index contributed by atoms with van der Waals surface area (Å²) in [5.41, 5.74) is 1.22. The van der Waals surface area contributed by atoms with Crippen LogP contribution in [0.15, 0.2) is 28.8 Å². The molecule has 0 atom stereocenters.